The van der Waals surface area contributed by atoms with Crippen LogP contribution in [0.15, 0.2) is 53.5 Å². The van der Waals surface area contributed by atoms with Gasteiger partial charge in [0, 0.05) is 34.4 Å². The van der Waals surface area contributed by atoms with Gasteiger partial charge in [-0.2, -0.15) is 0 Å². The Morgan fingerprint density at radius 3 is 2.58 bits per heavy atom. The second kappa shape index (κ2) is 8.18. The highest BCUT2D eigenvalue weighted by molar-refractivity contribution is 5.99. The standard InChI is InChI=1S/C24H25N5O2/c1-13(2)22(20-12-21(30)28-23(27-20)19-7-5-6-10-25-19)29-24(31)16-8-9-18-17(11-16)14(3)15(4)26-18/h5-13,22,26H,1-4H3,(H,29,31)(H,27,28,30). The zero-order valence-corrected chi connectivity index (χ0v) is 18.0. The van der Waals surface area contributed by atoms with E-state index < -0.39 is 6.04 Å². The maximum atomic E-state index is 13.1. The van der Waals surface area contributed by atoms with Crippen LogP contribution >= 0.6 is 0 Å². The smallest absolute Gasteiger partial charge is 0.251 e. The van der Waals surface area contributed by atoms with Gasteiger partial charge in [0.2, 0.25) is 0 Å². The molecule has 31 heavy (non-hydrogen) atoms. The monoisotopic (exact) mass is 415 g/mol. The minimum Gasteiger partial charge on any atom is -0.358 e. The van der Waals surface area contributed by atoms with Gasteiger partial charge in [-0.1, -0.05) is 19.9 Å². The van der Waals surface area contributed by atoms with E-state index in [9.17, 15) is 9.59 Å². The average Bonchev–Trinajstić information content (AvgIpc) is 3.05. The molecule has 0 saturated carbocycles. The molecular weight excluding hydrogens is 390 g/mol. The number of carbonyl (C=O) groups excluding carboxylic acids is 1. The van der Waals surface area contributed by atoms with E-state index in [1.54, 1.807) is 24.4 Å². The molecule has 0 saturated heterocycles. The molecule has 0 fully saturated rings. The van der Waals surface area contributed by atoms with Gasteiger partial charge in [-0.25, -0.2) is 4.98 Å². The van der Waals surface area contributed by atoms with Gasteiger partial charge in [0.25, 0.3) is 11.5 Å². The summed E-state index contributed by atoms with van der Waals surface area (Å²) in [5.74, 6) is 0.193. The highest BCUT2D eigenvalue weighted by atomic mass is 16.1. The lowest BCUT2D eigenvalue weighted by atomic mass is 9.99. The van der Waals surface area contributed by atoms with Crippen molar-refractivity contribution in [2.24, 2.45) is 5.92 Å². The summed E-state index contributed by atoms with van der Waals surface area (Å²) in [6.07, 6.45) is 1.64. The summed E-state index contributed by atoms with van der Waals surface area (Å²) >= 11 is 0. The summed E-state index contributed by atoms with van der Waals surface area (Å²) in [5.41, 5.74) is 4.56. The van der Waals surface area contributed by atoms with Crippen LogP contribution in [0.2, 0.25) is 0 Å². The molecule has 7 nitrogen and oxygen atoms in total. The van der Waals surface area contributed by atoms with Crippen molar-refractivity contribution in [3.05, 3.63) is 81.5 Å². The number of nitrogens with one attached hydrogen (secondary N) is 3. The Labute approximate surface area is 180 Å². The predicted molar refractivity (Wildman–Crippen MR) is 121 cm³/mol. The van der Waals surface area contributed by atoms with Crippen LogP contribution in [-0.4, -0.2) is 25.8 Å². The Morgan fingerprint density at radius 2 is 1.87 bits per heavy atom. The van der Waals surface area contributed by atoms with Gasteiger partial charge in [-0.3, -0.25) is 14.6 Å². The van der Waals surface area contributed by atoms with Crippen LogP contribution in [0.4, 0.5) is 0 Å². The van der Waals surface area contributed by atoms with Gasteiger partial charge in [0.05, 0.1) is 11.7 Å². The van der Waals surface area contributed by atoms with Gasteiger partial charge >= 0.3 is 0 Å². The van der Waals surface area contributed by atoms with E-state index in [4.69, 9.17) is 0 Å². The third-order valence-corrected chi connectivity index (χ3v) is 5.51. The van der Waals surface area contributed by atoms with Crippen LogP contribution in [0, 0.1) is 19.8 Å². The maximum absolute atomic E-state index is 13.1. The first-order chi connectivity index (χ1) is 14.8. The highest BCUT2D eigenvalue weighted by Crippen LogP contribution is 2.24. The Balaban J connectivity index is 1.67. The second-order valence-electron chi connectivity index (χ2n) is 8.06. The Morgan fingerprint density at radius 1 is 1.06 bits per heavy atom. The number of aryl methyl sites for hydroxylation is 2. The van der Waals surface area contributed by atoms with Crippen LogP contribution in [0.5, 0.6) is 0 Å². The first-order valence-electron chi connectivity index (χ1n) is 10.3. The van der Waals surface area contributed by atoms with E-state index >= 15 is 0 Å². The Bertz CT molecular complexity index is 1300. The number of carbonyl (C=O) groups is 1. The molecule has 158 valence electrons. The number of nitrogens with zero attached hydrogens (tertiary/aromatic N) is 2. The number of hydrogen-bond acceptors (Lipinski definition) is 4. The van der Waals surface area contributed by atoms with Crippen molar-refractivity contribution in [1.29, 1.82) is 0 Å². The molecule has 1 amide bonds. The Kier molecular flexibility index (Phi) is 5.42. The maximum Gasteiger partial charge on any atom is 0.251 e. The minimum absolute atomic E-state index is 0.0230. The fourth-order valence-electron chi connectivity index (χ4n) is 3.67. The van der Waals surface area contributed by atoms with E-state index in [-0.39, 0.29) is 17.4 Å². The van der Waals surface area contributed by atoms with E-state index in [0.717, 1.165) is 22.2 Å². The number of hydrogen-bond donors (Lipinski definition) is 3. The lowest BCUT2D eigenvalue weighted by Crippen LogP contribution is -2.33. The summed E-state index contributed by atoms with van der Waals surface area (Å²) < 4.78 is 0. The molecular formula is C24H25N5O2. The predicted octanol–water partition coefficient (Wildman–Crippen LogP) is 4.06. The van der Waals surface area contributed by atoms with Crippen molar-refractivity contribution < 1.29 is 4.79 Å². The molecule has 0 aliphatic rings. The van der Waals surface area contributed by atoms with Crippen molar-refractivity contribution in [3.63, 3.8) is 0 Å². The zero-order chi connectivity index (χ0) is 22.1. The summed E-state index contributed by atoms with van der Waals surface area (Å²) in [5, 5.41) is 4.09. The number of aromatic nitrogens is 4. The SMILES string of the molecule is Cc1[nH]c2ccc(C(=O)NC(c3cc(=O)[nH]c(-c4ccccn4)n3)C(C)C)cc2c1C. The van der Waals surface area contributed by atoms with Gasteiger partial charge in [0.1, 0.15) is 5.69 Å². The Hall–Kier alpha value is -3.74. The molecule has 0 spiro atoms. The van der Waals surface area contributed by atoms with E-state index in [2.05, 4.69) is 25.3 Å². The minimum atomic E-state index is -0.429. The molecule has 1 unspecified atom stereocenters. The van der Waals surface area contributed by atoms with Gasteiger partial charge < -0.3 is 15.3 Å². The molecule has 1 atom stereocenters. The summed E-state index contributed by atoms with van der Waals surface area (Å²) in [6.45, 7) is 8.02. The normalized spacial score (nSPS) is 12.3. The van der Waals surface area contributed by atoms with Crippen LogP contribution < -0.4 is 10.9 Å². The second-order valence-corrected chi connectivity index (χ2v) is 8.06. The summed E-state index contributed by atoms with van der Waals surface area (Å²) in [6, 6.07) is 12.0. The first-order valence-corrected chi connectivity index (χ1v) is 10.3. The lowest BCUT2D eigenvalue weighted by Gasteiger charge is -2.22. The fraction of sp³-hybridized carbons (Fsp3) is 0.250. The van der Waals surface area contributed by atoms with Gasteiger partial charge in [-0.05, 0) is 55.7 Å². The molecule has 3 heterocycles. The van der Waals surface area contributed by atoms with Crippen molar-refractivity contribution in [3.8, 4) is 11.5 Å². The van der Waals surface area contributed by atoms with E-state index in [1.807, 2.05) is 45.9 Å². The van der Waals surface area contributed by atoms with Crippen LogP contribution in [-0.2, 0) is 0 Å². The molecule has 4 rings (SSSR count). The van der Waals surface area contributed by atoms with Crippen molar-refractivity contribution >= 4 is 16.8 Å². The van der Waals surface area contributed by atoms with Crippen molar-refractivity contribution in [2.45, 2.75) is 33.7 Å². The summed E-state index contributed by atoms with van der Waals surface area (Å²) in [4.78, 5) is 40.3. The molecule has 0 aliphatic carbocycles. The quantitative estimate of drug-likeness (QED) is 0.457. The number of pyridine rings is 1. The van der Waals surface area contributed by atoms with Crippen LogP contribution in [0.1, 0.15) is 47.2 Å². The van der Waals surface area contributed by atoms with Crippen molar-refractivity contribution in [2.75, 3.05) is 0 Å². The molecule has 0 radical (unpaired) electrons. The molecule has 3 aromatic heterocycles. The molecule has 4 aromatic rings. The van der Waals surface area contributed by atoms with Gasteiger partial charge in [-0.15, -0.1) is 0 Å². The van der Waals surface area contributed by atoms with Crippen LogP contribution in [0.25, 0.3) is 22.4 Å². The molecule has 3 N–H and O–H groups in total. The first kappa shape index (κ1) is 20.5. The van der Waals surface area contributed by atoms with E-state index in [1.165, 1.54) is 6.07 Å². The number of benzene rings is 1. The summed E-state index contributed by atoms with van der Waals surface area (Å²) in [7, 11) is 0. The zero-order valence-electron chi connectivity index (χ0n) is 18.0. The van der Waals surface area contributed by atoms with E-state index in [0.29, 0.717) is 22.8 Å². The number of H-pyrrole nitrogens is 2. The third-order valence-electron chi connectivity index (χ3n) is 5.51. The topological polar surface area (TPSA) is 104 Å². The van der Waals surface area contributed by atoms with Crippen LogP contribution in [0.3, 0.4) is 0 Å². The average molecular weight is 415 g/mol. The molecule has 1 aromatic carbocycles. The molecule has 7 heteroatoms. The van der Waals surface area contributed by atoms with Gasteiger partial charge in [0.15, 0.2) is 5.82 Å². The number of aromatic amines is 2. The third kappa shape index (κ3) is 4.12. The number of rotatable bonds is 5. The molecule has 0 aliphatic heterocycles. The largest absolute Gasteiger partial charge is 0.358 e. The number of fused-ring (bicyclic) bond motifs is 1. The fourth-order valence-corrected chi connectivity index (χ4v) is 3.67. The highest BCUT2D eigenvalue weighted by Gasteiger charge is 2.22. The molecule has 0 bridgehead atoms. The number of amides is 1. The van der Waals surface area contributed by atoms with Crippen molar-refractivity contribution in [1.82, 2.24) is 25.3 Å². The lowest BCUT2D eigenvalue weighted by molar-refractivity contribution is 0.0924.